The summed E-state index contributed by atoms with van der Waals surface area (Å²) in [5, 5.41) is 19.9. The lowest BCUT2D eigenvalue weighted by Gasteiger charge is -2.22. The third-order valence-electron chi connectivity index (χ3n) is 3.24. The second kappa shape index (κ2) is 5.13. The molecule has 0 aliphatic carbocycles. The average Bonchev–Trinajstić information content (AvgIpc) is 2.94. The van der Waals surface area contributed by atoms with E-state index < -0.39 is 4.92 Å². The third kappa shape index (κ3) is 2.55. The van der Waals surface area contributed by atoms with Crippen molar-refractivity contribution in [3.63, 3.8) is 0 Å². The molecular formula is C10H17N5O2. The number of likely N-dealkylation sites (N-methyl/N-ethyl adjacent to an activating group) is 1. The van der Waals surface area contributed by atoms with Crippen LogP contribution in [0.3, 0.4) is 0 Å². The van der Waals surface area contributed by atoms with Crippen molar-refractivity contribution in [1.29, 1.82) is 0 Å². The number of hydrogen-bond acceptors (Lipinski definition) is 5. The highest BCUT2D eigenvalue weighted by molar-refractivity contribution is 5.55. The van der Waals surface area contributed by atoms with Gasteiger partial charge in [-0.2, -0.15) is 0 Å². The zero-order chi connectivity index (χ0) is 12.3. The lowest BCUT2D eigenvalue weighted by atomic mass is 10.2. The van der Waals surface area contributed by atoms with Gasteiger partial charge in [0.05, 0.1) is 0 Å². The van der Waals surface area contributed by atoms with Crippen LogP contribution in [0.25, 0.3) is 0 Å². The van der Waals surface area contributed by atoms with Crippen LogP contribution in [0.2, 0.25) is 0 Å². The van der Waals surface area contributed by atoms with E-state index in [0.717, 1.165) is 26.1 Å². The van der Waals surface area contributed by atoms with E-state index in [1.54, 1.807) is 0 Å². The summed E-state index contributed by atoms with van der Waals surface area (Å²) in [5.41, 5.74) is 0.470. The first-order chi connectivity index (χ1) is 8.22. The molecule has 2 heterocycles. The minimum absolute atomic E-state index is 0.0638. The van der Waals surface area contributed by atoms with Gasteiger partial charge < -0.3 is 15.4 Å². The highest BCUT2D eigenvalue weighted by Gasteiger charge is 2.24. The van der Waals surface area contributed by atoms with Gasteiger partial charge in [0.15, 0.2) is 5.69 Å². The molecule has 0 bridgehead atoms. The molecule has 1 fully saturated rings. The van der Waals surface area contributed by atoms with Gasteiger partial charge in [-0.1, -0.05) is 12.0 Å². The van der Waals surface area contributed by atoms with Crippen LogP contribution >= 0.6 is 0 Å². The topological polar surface area (TPSA) is 87.1 Å². The number of aromatic nitrogens is 2. The molecule has 2 N–H and O–H groups in total. The molecule has 0 spiro atoms. The number of nitrogens with zero attached hydrogens (tertiary/aromatic N) is 3. The number of nitrogens with one attached hydrogen (secondary N) is 2. The molecule has 1 aromatic heterocycles. The fourth-order valence-corrected chi connectivity index (χ4v) is 2.32. The summed E-state index contributed by atoms with van der Waals surface area (Å²) in [7, 11) is 0. The highest BCUT2D eigenvalue weighted by atomic mass is 16.6. The predicted octanol–water partition coefficient (Wildman–Crippen LogP) is 1.21. The number of hydrogen-bond donors (Lipinski definition) is 2. The Bertz CT molecular complexity index is 392. The fraction of sp³-hybridized carbons (Fsp3) is 0.700. The van der Waals surface area contributed by atoms with E-state index in [-0.39, 0.29) is 5.82 Å². The van der Waals surface area contributed by atoms with Gasteiger partial charge in [0.25, 0.3) is 0 Å². The third-order valence-corrected chi connectivity index (χ3v) is 3.24. The summed E-state index contributed by atoms with van der Waals surface area (Å²) < 4.78 is 0. The first kappa shape index (κ1) is 11.8. The number of rotatable bonds is 5. The second-order valence-electron chi connectivity index (χ2n) is 4.19. The van der Waals surface area contributed by atoms with Gasteiger partial charge in [-0.15, -0.1) is 5.10 Å². The molecule has 2 rings (SSSR count). The molecule has 7 heteroatoms. The minimum Gasteiger partial charge on any atom is -0.375 e. The van der Waals surface area contributed by atoms with Crippen molar-refractivity contribution >= 4 is 11.5 Å². The lowest BCUT2D eigenvalue weighted by molar-refractivity contribution is -0.388. The van der Waals surface area contributed by atoms with Crippen molar-refractivity contribution in [2.75, 3.05) is 25.0 Å². The number of nitro groups is 1. The Kier molecular flexibility index (Phi) is 3.58. The van der Waals surface area contributed by atoms with Crippen LogP contribution in [0.5, 0.6) is 0 Å². The number of anilines is 1. The Hall–Kier alpha value is -1.63. The van der Waals surface area contributed by atoms with Crippen molar-refractivity contribution < 1.29 is 4.92 Å². The van der Waals surface area contributed by atoms with Gasteiger partial charge in [-0.3, -0.25) is 4.90 Å². The molecule has 1 atom stereocenters. The van der Waals surface area contributed by atoms with Crippen LogP contribution in [-0.2, 0) is 0 Å². The number of likely N-dealkylation sites (tertiary alicyclic amines) is 1. The first-order valence-electron chi connectivity index (χ1n) is 5.88. The number of H-pyrrole nitrogens is 1. The monoisotopic (exact) mass is 239 g/mol. The van der Waals surface area contributed by atoms with E-state index in [1.165, 1.54) is 12.6 Å². The Labute approximate surface area is 99.3 Å². The van der Waals surface area contributed by atoms with E-state index >= 15 is 0 Å². The van der Waals surface area contributed by atoms with Crippen LogP contribution in [0.15, 0.2) is 6.20 Å². The van der Waals surface area contributed by atoms with Gasteiger partial charge in [-0.25, -0.2) is 0 Å². The normalized spacial score (nSPS) is 20.6. The molecule has 1 aliphatic heterocycles. The van der Waals surface area contributed by atoms with E-state index in [4.69, 9.17) is 0 Å². The Morgan fingerprint density at radius 1 is 1.76 bits per heavy atom. The first-order valence-corrected chi connectivity index (χ1v) is 5.88. The fourth-order valence-electron chi connectivity index (χ4n) is 2.32. The molecule has 1 aliphatic rings. The van der Waals surface area contributed by atoms with Crippen LogP contribution in [-0.4, -0.2) is 45.7 Å². The van der Waals surface area contributed by atoms with Gasteiger partial charge in [-0.05, 0) is 30.9 Å². The van der Waals surface area contributed by atoms with E-state index in [2.05, 4.69) is 27.3 Å². The Morgan fingerprint density at radius 2 is 2.59 bits per heavy atom. The van der Waals surface area contributed by atoms with Crippen molar-refractivity contribution in [1.82, 2.24) is 15.1 Å². The molecule has 0 radical (unpaired) electrons. The zero-order valence-corrected chi connectivity index (χ0v) is 9.85. The maximum Gasteiger partial charge on any atom is 0.366 e. The highest BCUT2D eigenvalue weighted by Crippen LogP contribution is 2.22. The van der Waals surface area contributed by atoms with Gasteiger partial charge in [0, 0.05) is 12.6 Å². The second-order valence-corrected chi connectivity index (χ2v) is 4.19. The van der Waals surface area contributed by atoms with Crippen LogP contribution < -0.4 is 5.32 Å². The molecule has 1 unspecified atom stereocenters. The lowest BCUT2D eigenvalue weighted by Crippen LogP contribution is -2.34. The molecule has 0 amide bonds. The van der Waals surface area contributed by atoms with Gasteiger partial charge >= 0.3 is 5.82 Å². The van der Waals surface area contributed by atoms with Crippen LogP contribution in [0, 0.1) is 10.1 Å². The Balaban J connectivity index is 1.93. The largest absolute Gasteiger partial charge is 0.375 e. The van der Waals surface area contributed by atoms with Crippen molar-refractivity contribution in [2.24, 2.45) is 0 Å². The molecule has 1 aromatic rings. The predicted molar refractivity (Wildman–Crippen MR) is 64.0 cm³/mol. The summed E-state index contributed by atoms with van der Waals surface area (Å²) in [5.74, 6) is -0.0638. The smallest absolute Gasteiger partial charge is 0.366 e. The molecule has 0 saturated carbocycles. The average molecular weight is 239 g/mol. The van der Waals surface area contributed by atoms with Crippen LogP contribution in [0.4, 0.5) is 11.5 Å². The van der Waals surface area contributed by atoms with E-state index in [0.29, 0.717) is 11.7 Å². The maximum absolute atomic E-state index is 10.7. The standard InChI is InChI=1S/C10H17N5O2/c1-2-14-5-3-4-8(14)6-11-9-7-12-13-10(9)15(16)17/h7-8,11H,2-6H2,1H3,(H,12,13). The van der Waals surface area contributed by atoms with E-state index in [1.807, 2.05) is 0 Å². The molecular weight excluding hydrogens is 222 g/mol. The SMILES string of the molecule is CCN1CCCC1CNc1cn[nH]c1[N+](=O)[O-]. The summed E-state index contributed by atoms with van der Waals surface area (Å²) in [6.07, 6.45) is 3.81. The maximum atomic E-state index is 10.7. The van der Waals surface area contributed by atoms with Crippen molar-refractivity contribution in [2.45, 2.75) is 25.8 Å². The van der Waals surface area contributed by atoms with Gasteiger partial charge in [0.1, 0.15) is 6.20 Å². The van der Waals surface area contributed by atoms with Crippen LogP contribution in [0.1, 0.15) is 19.8 Å². The summed E-state index contributed by atoms with van der Waals surface area (Å²) >= 11 is 0. The molecule has 94 valence electrons. The molecule has 0 aromatic carbocycles. The number of aromatic amines is 1. The molecule has 7 nitrogen and oxygen atoms in total. The van der Waals surface area contributed by atoms with Crippen molar-refractivity contribution in [3.8, 4) is 0 Å². The van der Waals surface area contributed by atoms with E-state index in [9.17, 15) is 10.1 Å². The summed E-state index contributed by atoms with van der Waals surface area (Å²) in [4.78, 5) is 12.6. The molecule has 17 heavy (non-hydrogen) atoms. The minimum atomic E-state index is -0.457. The molecule has 1 saturated heterocycles. The quantitative estimate of drug-likeness (QED) is 0.595. The summed E-state index contributed by atoms with van der Waals surface area (Å²) in [6, 6.07) is 0.467. The Morgan fingerprint density at radius 3 is 3.29 bits per heavy atom. The zero-order valence-electron chi connectivity index (χ0n) is 9.85. The van der Waals surface area contributed by atoms with Crippen molar-refractivity contribution in [3.05, 3.63) is 16.3 Å². The summed E-state index contributed by atoms with van der Waals surface area (Å²) in [6.45, 7) is 5.02. The van der Waals surface area contributed by atoms with Gasteiger partial charge in [0.2, 0.25) is 0 Å².